The molecular weight excluding hydrogens is 352 g/mol. The van der Waals surface area contributed by atoms with Gasteiger partial charge in [0.2, 0.25) is 0 Å². The van der Waals surface area contributed by atoms with Crippen molar-refractivity contribution < 1.29 is 28.6 Å². The summed E-state index contributed by atoms with van der Waals surface area (Å²) in [5, 5.41) is 2.62. The first-order valence-corrected chi connectivity index (χ1v) is 8.73. The zero-order chi connectivity index (χ0) is 20.4. The second kappa shape index (κ2) is 7.46. The molecule has 8 nitrogen and oxygen atoms in total. The van der Waals surface area contributed by atoms with Gasteiger partial charge in [0.15, 0.2) is 6.61 Å². The molecule has 1 aliphatic rings. The lowest BCUT2D eigenvalue weighted by atomic mass is 10.00. The molecule has 1 heterocycles. The molecule has 0 aromatic heterocycles. The van der Waals surface area contributed by atoms with Crippen molar-refractivity contribution in [2.75, 3.05) is 23.4 Å². The molecule has 1 aromatic carbocycles. The van der Waals surface area contributed by atoms with Crippen LogP contribution in [-0.2, 0) is 19.1 Å². The minimum absolute atomic E-state index is 0.186. The number of rotatable bonds is 4. The Bertz CT molecular complexity index is 751. The minimum atomic E-state index is -1.24. The summed E-state index contributed by atoms with van der Waals surface area (Å²) in [6, 6.07) is 4.83. The van der Waals surface area contributed by atoms with Crippen LogP contribution in [0.5, 0.6) is 5.75 Å². The number of carbonyl (C=O) groups is 3. The fourth-order valence-electron chi connectivity index (χ4n) is 2.66. The summed E-state index contributed by atoms with van der Waals surface area (Å²) >= 11 is 0. The van der Waals surface area contributed by atoms with E-state index in [1.807, 2.05) is 0 Å². The van der Waals surface area contributed by atoms with Gasteiger partial charge in [0, 0.05) is 5.69 Å². The van der Waals surface area contributed by atoms with Crippen LogP contribution in [0, 0.1) is 0 Å². The van der Waals surface area contributed by atoms with Crippen molar-refractivity contribution in [2.45, 2.75) is 52.7 Å². The van der Waals surface area contributed by atoms with Gasteiger partial charge in [-0.1, -0.05) is 0 Å². The summed E-state index contributed by atoms with van der Waals surface area (Å²) in [5.41, 5.74) is -1.10. The van der Waals surface area contributed by atoms with E-state index < -0.39 is 23.2 Å². The molecule has 27 heavy (non-hydrogen) atoms. The molecule has 8 heteroatoms. The normalized spacial score (nSPS) is 14.1. The SMILES string of the molecule is CCOC(=O)C(C)(C)N1C(=O)COc2ccc(NC(=O)OC(C)(C)C)cc21. The smallest absolute Gasteiger partial charge is 0.412 e. The van der Waals surface area contributed by atoms with Crippen LogP contribution < -0.4 is 15.0 Å². The molecule has 1 aromatic rings. The van der Waals surface area contributed by atoms with E-state index in [0.717, 1.165) is 0 Å². The molecule has 2 rings (SSSR count). The Morgan fingerprint density at radius 1 is 1.22 bits per heavy atom. The first-order chi connectivity index (χ1) is 12.5. The highest BCUT2D eigenvalue weighted by molar-refractivity contribution is 6.05. The third-order valence-corrected chi connectivity index (χ3v) is 3.78. The molecule has 0 saturated carbocycles. The van der Waals surface area contributed by atoms with Crippen molar-refractivity contribution in [3.8, 4) is 5.75 Å². The highest BCUT2D eigenvalue weighted by atomic mass is 16.6. The maximum Gasteiger partial charge on any atom is 0.412 e. The average molecular weight is 378 g/mol. The fourth-order valence-corrected chi connectivity index (χ4v) is 2.66. The summed E-state index contributed by atoms with van der Waals surface area (Å²) in [6.45, 7) is 10.2. The number of nitrogens with zero attached hydrogens (tertiary/aromatic N) is 1. The molecule has 0 atom stereocenters. The number of ether oxygens (including phenoxy) is 3. The largest absolute Gasteiger partial charge is 0.482 e. The Balaban J connectivity index is 2.36. The molecule has 0 saturated heterocycles. The summed E-state index contributed by atoms with van der Waals surface area (Å²) in [7, 11) is 0. The van der Waals surface area contributed by atoms with Crippen LogP contribution in [-0.4, -0.2) is 42.3 Å². The van der Waals surface area contributed by atoms with Gasteiger partial charge in [-0.15, -0.1) is 0 Å². The zero-order valence-electron chi connectivity index (χ0n) is 16.5. The predicted molar refractivity (Wildman–Crippen MR) is 100.0 cm³/mol. The molecule has 0 radical (unpaired) electrons. The van der Waals surface area contributed by atoms with E-state index in [9.17, 15) is 14.4 Å². The first-order valence-electron chi connectivity index (χ1n) is 8.73. The Hall–Kier alpha value is -2.77. The number of anilines is 2. The van der Waals surface area contributed by atoms with Crippen molar-refractivity contribution in [3.05, 3.63) is 18.2 Å². The van der Waals surface area contributed by atoms with Gasteiger partial charge >= 0.3 is 12.1 Å². The van der Waals surface area contributed by atoms with Gasteiger partial charge in [0.1, 0.15) is 16.9 Å². The van der Waals surface area contributed by atoms with E-state index in [1.165, 1.54) is 4.90 Å². The van der Waals surface area contributed by atoms with E-state index in [0.29, 0.717) is 17.1 Å². The quantitative estimate of drug-likeness (QED) is 0.809. The van der Waals surface area contributed by atoms with Crippen LogP contribution in [0.1, 0.15) is 41.5 Å². The maximum absolute atomic E-state index is 12.5. The highest BCUT2D eigenvalue weighted by Gasteiger charge is 2.43. The second-order valence-corrected chi connectivity index (χ2v) is 7.61. The van der Waals surface area contributed by atoms with Crippen LogP contribution in [0.4, 0.5) is 16.2 Å². The van der Waals surface area contributed by atoms with Crippen LogP contribution in [0.2, 0.25) is 0 Å². The molecule has 2 amide bonds. The van der Waals surface area contributed by atoms with Gasteiger partial charge in [-0.25, -0.2) is 9.59 Å². The van der Waals surface area contributed by atoms with Crippen LogP contribution in [0.3, 0.4) is 0 Å². The molecule has 1 N–H and O–H groups in total. The van der Waals surface area contributed by atoms with Crippen molar-refractivity contribution in [2.24, 2.45) is 0 Å². The van der Waals surface area contributed by atoms with Gasteiger partial charge in [0.05, 0.1) is 12.3 Å². The Kier molecular flexibility index (Phi) is 5.67. The third-order valence-electron chi connectivity index (χ3n) is 3.78. The van der Waals surface area contributed by atoms with E-state index in [4.69, 9.17) is 14.2 Å². The molecule has 0 fully saturated rings. The molecule has 0 unspecified atom stereocenters. The van der Waals surface area contributed by atoms with Crippen molar-refractivity contribution in [3.63, 3.8) is 0 Å². The Morgan fingerprint density at radius 2 is 1.89 bits per heavy atom. The van der Waals surface area contributed by atoms with Crippen LogP contribution in [0.25, 0.3) is 0 Å². The summed E-state index contributed by atoms with van der Waals surface area (Å²) in [6.07, 6.45) is -0.623. The number of hydrogen-bond acceptors (Lipinski definition) is 6. The number of amides is 2. The number of nitrogens with one attached hydrogen (secondary N) is 1. The van der Waals surface area contributed by atoms with E-state index in [1.54, 1.807) is 59.7 Å². The first kappa shape index (κ1) is 20.5. The molecule has 0 spiro atoms. The summed E-state index contributed by atoms with van der Waals surface area (Å²) in [5.74, 6) is -0.478. The lowest BCUT2D eigenvalue weighted by molar-refractivity contribution is -0.150. The third kappa shape index (κ3) is 4.69. The average Bonchev–Trinajstić information content (AvgIpc) is 2.52. The van der Waals surface area contributed by atoms with Crippen LogP contribution in [0.15, 0.2) is 18.2 Å². The van der Waals surface area contributed by atoms with Crippen molar-refractivity contribution >= 4 is 29.3 Å². The van der Waals surface area contributed by atoms with E-state index >= 15 is 0 Å². The van der Waals surface area contributed by atoms with Gasteiger partial charge in [-0.2, -0.15) is 0 Å². The van der Waals surface area contributed by atoms with Crippen molar-refractivity contribution in [1.29, 1.82) is 0 Å². The molecular formula is C19H26N2O6. The minimum Gasteiger partial charge on any atom is -0.482 e. The molecule has 1 aliphatic heterocycles. The lowest BCUT2D eigenvalue weighted by Gasteiger charge is -2.39. The van der Waals surface area contributed by atoms with Gasteiger partial charge < -0.3 is 14.2 Å². The number of carbonyl (C=O) groups excluding carboxylic acids is 3. The topological polar surface area (TPSA) is 94.2 Å². The standard InChI is InChI=1S/C19H26N2O6/c1-7-25-16(23)19(5,6)21-13-10-12(20-17(24)27-18(2,3)4)8-9-14(13)26-11-15(21)22/h8-10H,7,11H2,1-6H3,(H,20,24). The monoisotopic (exact) mass is 378 g/mol. The van der Waals surface area contributed by atoms with E-state index in [2.05, 4.69) is 5.32 Å². The predicted octanol–water partition coefficient (Wildman–Crippen LogP) is 3.10. The van der Waals surface area contributed by atoms with Gasteiger partial charge in [0.25, 0.3) is 5.91 Å². The summed E-state index contributed by atoms with van der Waals surface area (Å²) < 4.78 is 15.8. The van der Waals surface area contributed by atoms with Gasteiger partial charge in [-0.05, 0) is 59.7 Å². The number of esters is 1. The number of hydrogen-bond donors (Lipinski definition) is 1. The Labute approximate surface area is 158 Å². The molecule has 0 bridgehead atoms. The maximum atomic E-state index is 12.5. The molecule has 148 valence electrons. The van der Waals surface area contributed by atoms with Gasteiger partial charge in [-0.3, -0.25) is 15.0 Å². The van der Waals surface area contributed by atoms with Crippen molar-refractivity contribution in [1.82, 2.24) is 0 Å². The number of benzene rings is 1. The summed E-state index contributed by atoms with van der Waals surface area (Å²) in [4.78, 5) is 38.3. The lowest BCUT2D eigenvalue weighted by Crippen LogP contribution is -2.57. The fraction of sp³-hybridized carbons (Fsp3) is 0.526. The van der Waals surface area contributed by atoms with E-state index in [-0.39, 0.29) is 19.1 Å². The highest BCUT2D eigenvalue weighted by Crippen LogP contribution is 2.39. The van der Waals surface area contributed by atoms with Crippen LogP contribution >= 0.6 is 0 Å². The Morgan fingerprint density at radius 3 is 2.48 bits per heavy atom. The molecule has 0 aliphatic carbocycles. The second-order valence-electron chi connectivity index (χ2n) is 7.61. The number of fused-ring (bicyclic) bond motifs is 1. The zero-order valence-corrected chi connectivity index (χ0v) is 16.5.